The predicted molar refractivity (Wildman–Crippen MR) is 92.9 cm³/mol. The normalized spacial score (nSPS) is 20.6. The molecular weight excluding hydrogens is 318 g/mol. The van der Waals surface area contributed by atoms with Crippen LogP contribution in [0.25, 0.3) is 0 Å². The minimum absolute atomic E-state index is 0.0359. The molecule has 1 atom stereocenters. The number of aliphatic hydroxyl groups is 1. The number of aliphatic hydroxyl groups excluding tert-OH is 1. The van der Waals surface area contributed by atoms with Crippen LogP contribution in [0.1, 0.15) is 34.6 Å². The third-order valence-electron chi connectivity index (χ3n) is 4.57. The van der Waals surface area contributed by atoms with Crippen LogP contribution < -0.4 is 5.32 Å². The van der Waals surface area contributed by atoms with Gasteiger partial charge in [-0.15, -0.1) is 0 Å². The molecule has 0 saturated heterocycles. The number of methoxy groups -OCH3 is 1. The summed E-state index contributed by atoms with van der Waals surface area (Å²) in [5, 5.41) is 12.7. The summed E-state index contributed by atoms with van der Waals surface area (Å²) in [6, 6.07) is 9.20. The summed E-state index contributed by atoms with van der Waals surface area (Å²) in [5.74, 6) is 0.0765. The van der Waals surface area contributed by atoms with Crippen molar-refractivity contribution in [1.29, 1.82) is 0 Å². The Morgan fingerprint density at radius 2 is 2.08 bits per heavy atom. The quantitative estimate of drug-likeness (QED) is 0.801. The fourth-order valence-corrected chi connectivity index (χ4v) is 3.14. The smallest absolute Gasteiger partial charge is 0.270 e. The van der Waals surface area contributed by atoms with E-state index in [1.165, 1.54) is 0 Å². The third kappa shape index (κ3) is 4.61. The Hall–Kier alpha value is -2.31. The van der Waals surface area contributed by atoms with Crippen molar-refractivity contribution in [2.75, 3.05) is 7.11 Å². The van der Waals surface area contributed by atoms with Crippen molar-refractivity contribution < 1.29 is 14.6 Å². The molecule has 0 aromatic carbocycles. The van der Waals surface area contributed by atoms with E-state index in [4.69, 9.17) is 4.74 Å². The molecule has 0 radical (unpaired) electrons. The van der Waals surface area contributed by atoms with Gasteiger partial charge in [-0.1, -0.05) is 6.07 Å². The summed E-state index contributed by atoms with van der Waals surface area (Å²) in [5.41, 5.74) is 2.22. The van der Waals surface area contributed by atoms with Gasteiger partial charge in [-0.2, -0.15) is 0 Å². The molecule has 25 heavy (non-hydrogen) atoms. The van der Waals surface area contributed by atoms with Crippen molar-refractivity contribution >= 4 is 5.91 Å². The van der Waals surface area contributed by atoms with Crippen LogP contribution in [0, 0.1) is 5.92 Å². The van der Waals surface area contributed by atoms with Crippen LogP contribution in [0.4, 0.5) is 0 Å². The van der Waals surface area contributed by atoms with Gasteiger partial charge in [0.05, 0.1) is 18.4 Å². The minimum atomic E-state index is -0.259. The van der Waals surface area contributed by atoms with Gasteiger partial charge in [0.1, 0.15) is 5.69 Å². The van der Waals surface area contributed by atoms with E-state index in [1.54, 1.807) is 31.6 Å². The zero-order valence-corrected chi connectivity index (χ0v) is 14.3. The second-order valence-corrected chi connectivity index (χ2v) is 6.47. The zero-order chi connectivity index (χ0) is 17.6. The maximum absolute atomic E-state index is 12.6. The predicted octanol–water partition coefficient (Wildman–Crippen LogP) is 1.73. The van der Waals surface area contributed by atoms with E-state index in [9.17, 15) is 9.90 Å². The van der Waals surface area contributed by atoms with Crippen LogP contribution in [-0.2, 0) is 17.8 Å². The first-order chi connectivity index (χ1) is 12.2. The maximum atomic E-state index is 12.6. The molecule has 1 aliphatic carbocycles. The fraction of sp³-hybridized carbons (Fsp3) is 0.421. The van der Waals surface area contributed by atoms with Gasteiger partial charge in [-0.05, 0) is 55.0 Å². The summed E-state index contributed by atoms with van der Waals surface area (Å²) in [4.78, 5) is 21.0. The van der Waals surface area contributed by atoms with E-state index in [0.717, 1.165) is 11.3 Å². The van der Waals surface area contributed by atoms with Crippen molar-refractivity contribution in [2.24, 2.45) is 5.92 Å². The minimum Gasteiger partial charge on any atom is -0.393 e. The molecule has 3 rings (SSSR count). The number of nitrogens with one attached hydrogen (secondary N) is 1. The van der Waals surface area contributed by atoms with Crippen molar-refractivity contribution in [3.63, 3.8) is 0 Å². The summed E-state index contributed by atoms with van der Waals surface area (Å²) < 4.78 is 5.07. The number of aromatic nitrogens is 2. The van der Waals surface area contributed by atoms with Gasteiger partial charge >= 0.3 is 0 Å². The molecule has 0 spiro atoms. The first-order valence-corrected chi connectivity index (χ1v) is 8.48. The van der Waals surface area contributed by atoms with Gasteiger partial charge in [-0.3, -0.25) is 9.78 Å². The van der Waals surface area contributed by atoms with E-state index in [-0.39, 0.29) is 24.0 Å². The Morgan fingerprint density at radius 1 is 1.32 bits per heavy atom. The second kappa shape index (κ2) is 8.18. The molecule has 0 bridgehead atoms. The number of nitrogens with zero attached hydrogens (tertiary/aromatic N) is 2. The Bertz CT molecular complexity index is 702. The first-order valence-electron chi connectivity index (χ1n) is 8.48. The number of hydrogen-bond donors (Lipinski definition) is 2. The Labute approximate surface area is 147 Å². The highest BCUT2D eigenvalue weighted by Gasteiger charge is 2.35. The fourth-order valence-electron chi connectivity index (χ4n) is 3.14. The summed E-state index contributed by atoms with van der Waals surface area (Å²) in [7, 11) is 1.60. The number of pyridine rings is 2. The Morgan fingerprint density at radius 3 is 2.76 bits per heavy atom. The Kier molecular flexibility index (Phi) is 5.73. The molecule has 0 unspecified atom stereocenters. The molecule has 2 N–H and O–H groups in total. The van der Waals surface area contributed by atoms with Crippen LogP contribution in [0.3, 0.4) is 0 Å². The molecule has 2 heterocycles. The third-order valence-corrected chi connectivity index (χ3v) is 4.57. The average Bonchev–Trinajstić information content (AvgIpc) is 2.60. The average molecular weight is 341 g/mol. The molecule has 2 aromatic rings. The summed E-state index contributed by atoms with van der Waals surface area (Å²) in [6.07, 6.45) is 5.38. The molecule has 2 aromatic heterocycles. The number of rotatable bonds is 7. The molecule has 1 fully saturated rings. The number of hydrogen-bond acceptors (Lipinski definition) is 5. The lowest BCUT2D eigenvalue weighted by atomic mass is 9.75. The molecule has 0 aliphatic heterocycles. The number of ether oxygens (including phenoxy) is 1. The highest BCUT2D eigenvalue weighted by molar-refractivity contribution is 5.92. The lowest BCUT2D eigenvalue weighted by molar-refractivity contribution is 0.0238. The van der Waals surface area contributed by atoms with E-state index in [2.05, 4.69) is 15.3 Å². The highest BCUT2D eigenvalue weighted by Crippen LogP contribution is 2.31. The number of amides is 1. The first kappa shape index (κ1) is 17.5. The second-order valence-electron chi connectivity index (χ2n) is 6.47. The molecule has 6 nitrogen and oxygen atoms in total. The molecule has 6 heteroatoms. The van der Waals surface area contributed by atoms with Crippen LogP contribution in [0.2, 0.25) is 0 Å². The SMILES string of the molecule is COCc1cccc(C(=O)N[C@H](Cc2ccncc2)C2CC(O)C2)n1. The van der Waals surface area contributed by atoms with Gasteiger partial charge in [0, 0.05) is 25.5 Å². The van der Waals surface area contributed by atoms with Gasteiger partial charge < -0.3 is 15.2 Å². The van der Waals surface area contributed by atoms with E-state index in [0.29, 0.717) is 31.6 Å². The molecule has 1 amide bonds. The van der Waals surface area contributed by atoms with E-state index < -0.39 is 0 Å². The van der Waals surface area contributed by atoms with Crippen LogP contribution >= 0.6 is 0 Å². The Balaban J connectivity index is 1.70. The van der Waals surface area contributed by atoms with E-state index in [1.807, 2.05) is 18.2 Å². The monoisotopic (exact) mass is 341 g/mol. The van der Waals surface area contributed by atoms with E-state index >= 15 is 0 Å². The van der Waals surface area contributed by atoms with Crippen molar-refractivity contribution in [3.05, 3.63) is 59.7 Å². The summed E-state index contributed by atoms with van der Waals surface area (Å²) >= 11 is 0. The van der Waals surface area contributed by atoms with Crippen LogP contribution in [-0.4, -0.2) is 40.2 Å². The van der Waals surface area contributed by atoms with Gasteiger partial charge in [-0.25, -0.2) is 4.98 Å². The van der Waals surface area contributed by atoms with Crippen LogP contribution in [0.5, 0.6) is 0 Å². The lowest BCUT2D eigenvalue weighted by Gasteiger charge is -2.38. The standard InChI is InChI=1S/C19H23N3O3/c1-25-12-15-3-2-4-17(21-15)19(24)22-18(14-10-16(23)11-14)9-13-5-7-20-8-6-13/h2-8,14,16,18,23H,9-12H2,1H3,(H,22,24)/t14?,16?,18-/m1/s1. The largest absolute Gasteiger partial charge is 0.393 e. The van der Waals surface area contributed by atoms with Crippen LogP contribution in [0.15, 0.2) is 42.7 Å². The maximum Gasteiger partial charge on any atom is 0.270 e. The zero-order valence-electron chi connectivity index (χ0n) is 14.3. The molecule has 1 saturated carbocycles. The summed E-state index contributed by atoms with van der Waals surface area (Å²) in [6.45, 7) is 0.371. The van der Waals surface area contributed by atoms with Crippen molar-refractivity contribution in [1.82, 2.24) is 15.3 Å². The number of carbonyl (C=O) groups excluding carboxylic acids is 1. The van der Waals surface area contributed by atoms with Gasteiger partial charge in [0.25, 0.3) is 5.91 Å². The van der Waals surface area contributed by atoms with Gasteiger partial charge in [0.2, 0.25) is 0 Å². The van der Waals surface area contributed by atoms with Crippen molar-refractivity contribution in [2.45, 2.75) is 38.0 Å². The number of carbonyl (C=O) groups is 1. The topological polar surface area (TPSA) is 84.3 Å². The molecular formula is C19H23N3O3. The highest BCUT2D eigenvalue weighted by atomic mass is 16.5. The molecule has 1 aliphatic rings. The molecule has 132 valence electrons. The lowest BCUT2D eigenvalue weighted by Crippen LogP contribution is -2.48. The van der Waals surface area contributed by atoms with Gasteiger partial charge in [0.15, 0.2) is 0 Å². The van der Waals surface area contributed by atoms with Crippen molar-refractivity contribution in [3.8, 4) is 0 Å².